The Labute approximate surface area is 209 Å². The molecule has 3 heterocycles. The number of nitrogens with one attached hydrogen (secondary N) is 2. The Kier molecular flexibility index (Phi) is 5.97. The van der Waals surface area contributed by atoms with E-state index in [0.717, 1.165) is 16.8 Å². The molecule has 182 valence electrons. The van der Waals surface area contributed by atoms with Gasteiger partial charge in [0.25, 0.3) is 0 Å². The van der Waals surface area contributed by atoms with Crippen molar-refractivity contribution >= 4 is 17.3 Å². The molecule has 1 aromatic heterocycles. The number of hydrogen-bond donors (Lipinski definition) is 3. The summed E-state index contributed by atoms with van der Waals surface area (Å²) in [4.78, 5) is 9.03. The van der Waals surface area contributed by atoms with Crippen molar-refractivity contribution in [3.63, 3.8) is 0 Å². The smallest absolute Gasteiger partial charge is 0.227 e. The lowest BCUT2D eigenvalue weighted by atomic mass is 9.83. The van der Waals surface area contributed by atoms with Crippen molar-refractivity contribution in [3.05, 3.63) is 59.3 Å². The quantitative estimate of drug-likeness (QED) is 0.460. The van der Waals surface area contributed by atoms with Crippen molar-refractivity contribution in [2.75, 3.05) is 43.6 Å². The van der Waals surface area contributed by atoms with Crippen LogP contribution in [-0.2, 0) is 10.2 Å². The van der Waals surface area contributed by atoms with Crippen molar-refractivity contribution in [2.24, 2.45) is 5.41 Å². The van der Waals surface area contributed by atoms with Crippen LogP contribution in [0.15, 0.2) is 42.6 Å². The molecule has 1 saturated heterocycles. The third-order valence-electron chi connectivity index (χ3n) is 6.70. The summed E-state index contributed by atoms with van der Waals surface area (Å²) in [5.41, 5.74) is 4.05. The Morgan fingerprint density at radius 1 is 1.17 bits per heavy atom. The standard InChI is InChI=1S/C27H26N6O3/c1-26(14-35-15-26)16-36-23-4-3-17(10-28)7-22(23)33-25-30-6-5-21(32-25)18-8-19(11-29)24-20(9-18)27(2,13-34)12-31-24/h3-9,31,34H,12-16H2,1-2H3,(H,30,32,33)/t27-/m1/s1. The van der Waals surface area contributed by atoms with Crippen molar-refractivity contribution in [3.8, 4) is 29.1 Å². The van der Waals surface area contributed by atoms with Gasteiger partial charge in [-0.25, -0.2) is 9.97 Å². The Morgan fingerprint density at radius 3 is 2.69 bits per heavy atom. The van der Waals surface area contributed by atoms with Crippen LogP contribution in [0.1, 0.15) is 30.5 Å². The number of anilines is 3. The first-order valence-electron chi connectivity index (χ1n) is 11.6. The van der Waals surface area contributed by atoms with Crippen molar-refractivity contribution in [1.82, 2.24) is 9.97 Å². The second-order valence-corrected chi connectivity index (χ2v) is 9.94. The molecule has 0 unspecified atom stereocenters. The molecule has 9 nitrogen and oxygen atoms in total. The molecule has 2 aliphatic rings. The van der Waals surface area contributed by atoms with Gasteiger partial charge in [0.15, 0.2) is 0 Å². The molecule has 0 saturated carbocycles. The zero-order valence-corrected chi connectivity index (χ0v) is 20.1. The minimum absolute atomic E-state index is 0.0362. The number of nitrogens with zero attached hydrogens (tertiary/aromatic N) is 4. The molecule has 0 spiro atoms. The van der Waals surface area contributed by atoms with Gasteiger partial charge in [-0.1, -0.05) is 13.8 Å². The van der Waals surface area contributed by atoms with Gasteiger partial charge in [0.05, 0.1) is 60.7 Å². The molecule has 0 aliphatic carbocycles. The average Bonchev–Trinajstić information content (AvgIpc) is 3.23. The van der Waals surface area contributed by atoms with Crippen LogP contribution in [0.25, 0.3) is 11.3 Å². The maximum absolute atomic E-state index is 9.99. The first kappa shape index (κ1) is 23.6. The fraction of sp³-hybridized carbons (Fsp3) is 0.333. The predicted octanol–water partition coefficient (Wildman–Crippen LogP) is 3.72. The number of aromatic nitrogens is 2. The number of nitriles is 2. The lowest BCUT2D eigenvalue weighted by molar-refractivity contribution is -0.120. The number of benzene rings is 2. The Morgan fingerprint density at radius 2 is 2.00 bits per heavy atom. The highest BCUT2D eigenvalue weighted by Crippen LogP contribution is 2.41. The molecule has 0 amide bonds. The van der Waals surface area contributed by atoms with E-state index in [0.29, 0.717) is 60.6 Å². The molecular weight excluding hydrogens is 456 g/mol. The van der Waals surface area contributed by atoms with Gasteiger partial charge >= 0.3 is 0 Å². The fourth-order valence-corrected chi connectivity index (χ4v) is 4.37. The molecule has 5 rings (SSSR count). The molecule has 9 heteroatoms. The molecule has 0 bridgehead atoms. The van der Waals surface area contributed by atoms with E-state index in [9.17, 15) is 15.6 Å². The molecule has 1 fully saturated rings. The van der Waals surface area contributed by atoms with E-state index in [1.807, 2.05) is 13.0 Å². The van der Waals surface area contributed by atoms with Crippen LogP contribution in [0.5, 0.6) is 5.75 Å². The zero-order chi connectivity index (χ0) is 25.3. The summed E-state index contributed by atoms with van der Waals surface area (Å²) in [5.74, 6) is 0.915. The highest BCUT2D eigenvalue weighted by atomic mass is 16.5. The van der Waals surface area contributed by atoms with Crippen molar-refractivity contribution in [1.29, 1.82) is 10.5 Å². The van der Waals surface area contributed by atoms with Crippen LogP contribution in [0.2, 0.25) is 0 Å². The van der Waals surface area contributed by atoms with Crippen LogP contribution < -0.4 is 15.4 Å². The van der Waals surface area contributed by atoms with Crippen LogP contribution in [0, 0.1) is 28.1 Å². The second kappa shape index (κ2) is 9.12. The summed E-state index contributed by atoms with van der Waals surface area (Å²) in [5, 5.41) is 35.6. The third-order valence-corrected chi connectivity index (χ3v) is 6.70. The second-order valence-electron chi connectivity index (χ2n) is 9.94. The Bertz CT molecular complexity index is 1410. The molecular formula is C27H26N6O3. The maximum atomic E-state index is 9.99. The predicted molar refractivity (Wildman–Crippen MR) is 134 cm³/mol. The molecule has 1 atom stereocenters. The molecule has 3 aromatic rings. The zero-order valence-electron chi connectivity index (χ0n) is 20.1. The summed E-state index contributed by atoms with van der Waals surface area (Å²) in [6, 6.07) is 15.1. The van der Waals surface area contributed by atoms with Gasteiger partial charge in [-0.15, -0.1) is 0 Å². The van der Waals surface area contributed by atoms with Crippen LogP contribution in [0.4, 0.5) is 17.3 Å². The van der Waals surface area contributed by atoms with Gasteiger partial charge in [-0.05, 0) is 42.0 Å². The minimum Gasteiger partial charge on any atom is -0.491 e. The Hall–Kier alpha value is -4.18. The van der Waals surface area contributed by atoms with Gasteiger partial charge in [-0.3, -0.25) is 0 Å². The first-order chi connectivity index (χ1) is 17.4. The fourth-order valence-electron chi connectivity index (χ4n) is 4.37. The van der Waals surface area contributed by atoms with E-state index in [1.165, 1.54) is 0 Å². The summed E-state index contributed by atoms with van der Waals surface area (Å²) in [6.07, 6.45) is 1.63. The van der Waals surface area contributed by atoms with Crippen LogP contribution in [0.3, 0.4) is 0 Å². The topological polar surface area (TPSA) is 136 Å². The van der Waals surface area contributed by atoms with Gasteiger partial charge in [-0.2, -0.15) is 10.5 Å². The average molecular weight is 483 g/mol. The molecule has 2 aliphatic heterocycles. The van der Waals surface area contributed by atoms with E-state index in [2.05, 4.69) is 39.7 Å². The lowest BCUT2D eigenvalue weighted by Crippen LogP contribution is -2.44. The monoisotopic (exact) mass is 482 g/mol. The number of ether oxygens (including phenoxy) is 2. The minimum atomic E-state index is -0.489. The van der Waals surface area contributed by atoms with E-state index < -0.39 is 5.41 Å². The molecule has 3 N–H and O–H groups in total. The van der Waals surface area contributed by atoms with E-state index >= 15 is 0 Å². The van der Waals surface area contributed by atoms with E-state index in [1.54, 1.807) is 36.5 Å². The largest absolute Gasteiger partial charge is 0.491 e. The third kappa shape index (κ3) is 4.31. The highest BCUT2D eigenvalue weighted by Gasteiger charge is 2.36. The van der Waals surface area contributed by atoms with Crippen LogP contribution >= 0.6 is 0 Å². The summed E-state index contributed by atoms with van der Waals surface area (Å²) >= 11 is 0. The van der Waals surface area contributed by atoms with Crippen molar-refractivity contribution < 1.29 is 14.6 Å². The van der Waals surface area contributed by atoms with Gasteiger partial charge in [0.1, 0.15) is 11.8 Å². The number of hydrogen-bond acceptors (Lipinski definition) is 9. The highest BCUT2D eigenvalue weighted by molar-refractivity contribution is 5.76. The number of aliphatic hydroxyl groups is 1. The molecule has 0 radical (unpaired) electrons. The Balaban J connectivity index is 1.46. The summed E-state index contributed by atoms with van der Waals surface area (Å²) in [7, 11) is 0. The number of aliphatic hydroxyl groups excluding tert-OH is 1. The lowest BCUT2D eigenvalue weighted by Gasteiger charge is -2.37. The van der Waals surface area contributed by atoms with Gasteiger partial charge < -0.3 is 25.2 Å². The normalized spacial score (nSPS) is 19.2. The van der Waals surface area contributed by atoms with E-state index in [-0.39, 0.29) is 12.0 Å². The molecule has 36 heavy (non-hydrogen) atoms. The van der Waals surface area contributed by atoms with Crippen LogP contribution in [-0.4, -0.2) is 48.0 Å². The SMILES string of the molecule is CC1(COc2ccc(C#N)cc2Nc2nccc(-c3cc(C#N)c4c(c3)[C@@](C)(CO)CN4)n2)COC1. The van der Waals surface area contributed by atoms with E-state index in [4.69, 9.17) is 9.47 Å². The van der Waals surface area contributed by atoms with Gasteiger partial charge in [0, 0.05) is 29.1 Å². The number of rotatable bonds is 7. The molecule has 2 aromatic carbocycles. The number of fused-ring (bicyclic) bond motifs is 1. The maximum Gasteiger partial charge on any atom is 0.227 e. The summed E-state index contributed by atoms with van der Waals surface area (Å²) in [6.45, 7) is 6.35. The first-order valence-corrected chi connectivity index (χ1v) is 11.6. The van der Waals surface area contributed by atoms with Crippen molar-refractivity contribution in [2.45, 2.75) is 19.3 Å². The summed E-state index contributed by atoms with van der Waals surface area (Å²) < 4.78 is 11.4. The van der Waals surface area contributed by atoms with Gasteiger partial charge in [0.2, 0.25) is 5.95 Å².